The van der Waals surface area contributed by atoms with Gasteiger partial charge in [0, 0.05) is 0 Å². The van der Waals surface area contributed by atoms with Crippen LogP contribution in [0.3, 0.4) is 0 Å². The van der Waals surface area contributed by atoms with Crippen LogP contribution in [0.25, 0.3) is 39.2 Å². The molecule has 0 atom stereocenters. The van der Waals surface area contributed by atoms with Gasteiger partial charge in [0.2, 0.25) is 0 Å². The molecule has 0 spiro atoms. The molecule has 4 aliphatic heterocycles. The second kappa shape index (κ2) is 22.8. The summed E-state index contributed by atoms with van der Waals surface area (Å²) in [4.78, 5) is 18.0. The van der Waals surface area contributed by atoms with Gasteiger partial charge in [-0.15, -0.1) is 0 Å². The van der Waals surface area contributed by atoms with E-state index in [9.17, 15) is 0 Å². The van der Waals surface area contributed by atoms with Gasteiger partial charge in [0.25, 0.3) is 0 Å². The van der Waals surface area contributed by atoms with Crippen molar-refractivity contribution in [2.45, 2.75) is 9.79 Å². The second-order valence-corrected chi connectivity index (χ2v) is 27.8. The van der Waals surface area contributed by atoms with Crippen molar-refractivity contribution in [2.24, 2.45) is 0 Å². The van der Waals surface area contributed by atoms with Gasteiger partial charge >= 0.3 is 568 Å². The molecule has 10 heteroatoms. The predicted molar refractivity (Wildman–Crippen MR) is 402 cm³/mol. The van der Waals surface area contributed by atoms with Crippen molar-refractivity contribution in [3.8, 4) is 28.2 Å². The normalized spacial score (nSPS) is 12.9. The Morgan fingerprint density at radius 3 is 1.31 bits per heavy atom. The van der Waals surface area contributed by atoms with Crippen LogP contribution in [-0.2, 0) is 0 Å². The molecule has 1 aromatic heterocycles. The summed E-state index contributed by atoms with van der Waals surface area (Å²) in [5, 5.41) is 0. The number of anilines is 12. The first-order chi connectivity index (χ1) is 47.2. The van der Waals surface area contributed by atoms with Gasteiger partial charge in [0.1, 0.15) is 0 Å². The van der Waals surface area contributed by atoms with E-state index in [1.807, 2.05) is 11.8 Å². The summed E-state index contributed by atoms with van der Waals surface area (Å²) in [6.45, 7) is -0.236. The summed E-state index contributed by atoms with van der Waals surface area (Å²) in [5.74, 6) is 0.911. The van der Waals surface area contributed by atoms with Crippen molar-refractivity contribution in [1.29, 1.82) is 0 Å². The molecule has 19 rings (SSSR count). The van der Waals surface area contributed by atoms with Crippen molar-refractivity contribution in [3.63, 3.8) is 0 Å². The zero-order valence-electron chi connectivity index (χ0n) is 51.5. The van der Waals surface area contributed by atoms with E-state index in [0.717, 1.165) is 73.6 Å². The first-order valence-corrected chi connectivity index (χ1v) is 34.9. The molecule has 0 N–H and O–H groups in total. The second-order valence-electron chi connectivity index (χ2n) is 24.6. The maximum atomic E-state index is 5.52. The molecule has 15 aromatic rings. The average Bonchev–Trinajstić information content (AvgIpc) is 0.936. The Balaban J connectivity index is 0.931. The Bertz CT molecular complexity index is 5120. The van der Waals surface area contributed by atoms with Crippen molar-refractivity contribution in [1.82, 2.24) is 9.55 Å². The molecule has 95 heavy (non-hydrogen) atoms. The van der Waals surface area contributed by atoms with Gasteiger partial charge in [-0.1, -0.05) is 0 Å². The van der Waals surface area contributed by atoms with Crippen LogP contribution < -0.4 is 61.3 Å². The van der Waals surface area contributed by atoms with E-state index in [1.54, 1.807) is 0 Å². The molecular formula is C85H56B2N6SSe. The van der Waals surface area contributed by atoms with E-state index in [4.69, 9.17) is 4.98 Å². The number of aromatic nitrogens is 2. The Morgan fingerprint density at radius 2 is 0.779 bits per heavy atom. The van der Waals surface area contributed by atoms with E-state index in [-0.39, 0.29) is 28.4 Å². The SMILES string of the molecule is c1ccc(-c2nc3ccc(-c4c5c(cc6c4[Se]c4cc(N(c7ccccc7)c7ccccc7)cc7c4B6c4ccccc4N7c4ccccc4)B4c6ccccc6N(c6ccccc6)c6cc(N(c7ccccc7)c7ccccc7)cc(c64)S5)cc3n2-c2ccccc2)cc1. The summed E-state index contributed by atoms with van der Waals surface area (Å²) >= 11 is 1.71. The minimum atomic E-state index is -0.242. The Kier molecular flexibility index (Phi) is 13.3. The van der Waals surface area contributed by atoms with Gasteiger partial charge in [-0.2, -0.15) is 0 Å². The molecule has 0 saturated carbocycles. The summed E-state index contributed by atoms with van der Waals surface area (Å²) in [7, 11) is 0. The molecular weight excluding hydrogens is 1240 g/mol. The topological polar surface area (TPSA) is 30.8 Å². The van der Waals surface area contributed by atoms with Gasteiger partial charge in [-0.25, -0.2) is 0 Å². The molecule has 0 bridgehead atoms. The first kappa shape index (κ1) is 55.4. The molecule has 0 unspecified atom stereocenters. The van der Waals surface area contributed by atoms with Gasteiger partial charge in [0.15, 0.2) is 0 Å². The van der Waals surface area contributed by atoms with Crippen molar-refractivity contribution < 1.29 is 0 Å². The molecule has 4 aliphatic rings. The summed E-state index contributed by atoms with van der Waals surface area (Å²) in [6.07, 6.45) is 0. The van der Waals surface area contributed by atoms with Crippen LogP contribution in [0.2, 0.25) is 0 Å². The fraction of sp³-hybridized carbons (Fsp3) is 0. The number of nitrogens with zero attached hydrogens (tertiary/aromatic N) is 6. The zero-order valence-corrected chi connectivity index (χ0v) is 54.0. The van der Waals surface area contributed by atoms with Gasteiger partial charge < -0.3 is 0 Å². The van der Waals surface area contributed by atoms with Gasteiger partial charge in [-0.05, 0) is 0 Å². The molecule has 14 aromatic carbocycles. The Labute approximate surface area is 564 Å². The fourth-order valence-corrected chi connectivity index (χ4v) is 19.6. The van der Waals surface area contributed by atoms with Crippen LogP contribution in [-0.4, -0.2) is 37.9 Å². The molecule has 0 saturated heterocycles. The van der Waals surface area contributed by atoms with Gasteiger partial charge in [0.05, 0.1) is 0 Å². The molecule has 444 valence electrons. The minimum absolute atomic E-state index is 0.108. The number of para-hydroxylation sites is 9. The number of benzene rings is 14. The van der Waals surface area contributed by atoms with E-state index < -0.39 is 0 Å². The average molecular weight is 1290 g/mol. The quantitative estimate of drug-likeness (QED) is 0.120. The molecule has 0 fully saturated rings. The molecule has 0 radical (unpaired) electrons. The van der Waals surface area contributed by atoms with Crippen molar-refractivity contribution >= 4 is 161 Å². The van der Waals surface area contributed by atoms with E-state index in [0.29, 0.717) is 0 Å². The molecule has 6 nitrogen and oxygen atoms in total. The van der Waals surface area contributed by atoms with Crippen LogP contribution in [0, 0.1) is 0 Å². The van der Waals surface area contributed by atoms with Crippen LogP contribution in [0.15, 0.2) is 350 Å². The number of imidazole rings is 1. The van der Waals surface area contributed by atoms with E-state index >= 15 is 0 Å². The maximum absolute atomic E-state index is 5.52. The van der Waals surface area contributed by atoms with Crippen LogP contribution in [0.5, 0.6) is 0 Å². The first-order valence-electron chi connectivity index (χ1n) is 32.4. The third kappa shape index (κ3) is 9.08. The number of hydrogen-bond acceptors (Lipinski definition) is 6. The monoisotopic (exact) mass is 1290 g/mol. The number of rotatable bonds is 11. The van der Waals surface area contributed by atoms with E-state index in [2.05, 4.69) is 364 Å². The van der Waals surface area contributed by atoms with Crippen molar-refractivity contribution in [3.05, 3.63) is 340 Å². The van der Waals surface area contributed by atoms with Gasteiger partial charge in [-0.3, -0.25) is 0 Å². The molecule has 5 heterocycles. The summed E-state index contributed by atoms with van der Waals surface area (Å²) < 4.78 is 5.15. The van der Waals surface area contributed by atoms with Crippen LogP contribution in [0.4, 0.5) is 68.2 Å². The predicted octanol–water partition coefficient (Wildman–Crippen LogP) is 16.3. The Hall–Kier alpha value is -11.3. The molecule has 0 amide bonds. The standard InChI is InChI=1S/C85H56B2N6SSe/c1-9-29-57(30-10-1)85-88-72-50-49-58(51-75(72)93(85)65-43-23-8-24-44-65)80-83-70(86-68-45-25-27-47-73(68)91(63-39-19-6-20-40-63)76-52-66(54-78(94-83)81(76)86)89(59-31-11-2-12-32-59)60-33-13-3-14-34-60)56-71-84(80)95-79-55-67(90(61-35-15-4-16-36-61)62-37-17-5-18-38-62)53-77-82(79)87(71)69-46-26-28-48-74(69)92(77)64-41-21-7-22-42-64/h1-56H. The van der Waals surface area contributed by atoms with Crippen LogP contribution in [0.1, 0.15) is 0 Å². The van der Waals surface area contributed by atoms with Crippen molar-refractivity contribution in [2.75, 3.05) is 19.6 Å². The fourth-order valence-electron chi connectivity index (χ4n) is 15.2. The molecule has 0 aliphatic carbocycles. The number of fused-ring (bicyclic) bond motifs is 9. The third-order valence-electron chi connectivity index (χ3n) is 19.2. The Morgan fingerprint density at radius 1 is 0.337 bits per heavy atom. The van der Waals surface area contributed by atoms with E-state index in [1.165, 1.54) is 85.4 Å². The van der Waals surface area contributed by atoms with Crippen LogP contribution >= 0.6 is 11.8 Å². The third-order valence-corrected chi connectivity index (χ3v) is 22.9. The summed E-state index contributed by atoms with van der Waals surface area (Å²) in [6, 6.07) is 125. The summed E-state index contributed by atoms with van der Waals surface area (Å²) in [5.41, 5.74) is 28.2. The zero-order chi connectivity index (χ0) is 62.5. The number of hydrogen-bond donors (Lipinski definition) is 0.